The van der Waals surface area contributed by atoms with Crippen LogP contribution >= 0.6 is 0 Å². The van der Waals surface area contributed by atoms with Crippen molar-refractivity contribution in [3.8, 4) is 0 Å². The maximum atomic E-state index is 11.5. The predicted molar refractivity (Wildman–Crippen MR) is 70.9 cm³/mol. The number of hydrogen-bond donors (Lipinski definition) is 3. The van der Waals surface area contributed by atoms with E-state index in [0.29, 0.717) is 5.75 Å². The van der Waals surface area contributed by atoms with Crippen molar-refractivity contribution in [3.05, 3.63) is 0 Å². The van der Waals surface area contributed by atoms with Gasteiger partial charge in [-0.2, -0.15) is 0 Å². The second-order valence-electron chi connectivity index (χ2n) is 4.68. The first-order valence-corrected chi connectivity index (χ1v) is 7.54. The molecule has 0 fully saturated rings. The molecular formula is C11H22N2O4S. The number of hydrogen-bond acceptors (Lipinski definition) is 3. The van der Waals surface area contributed by atoms with Crippen LogP contribution in [0.3, 0.4) is 0 Å². The molecule has 6 nitrogen and oxygen atoms in total. The van der Waals surface area contributed by atoms with Crippen molar-refractivity contribution >= 4 is 22.8 Å². The van der Waals surface area contributed by atoms with Crippen LogP contribution in [0.25, 0.3) is 0 Å². The molecule has 0 aliphatic rings. The molecule has 7 heteroatoms. The monoisotopic (exact) mass is 278 g/mol. The molecule has 106 valence electrons. The van der Waals surface area contributed by atoms with Crippen molar-refractivity contribution in [2.75, 3.05) is 18.6 Å². The van der Waals surface area contributed by atoms with E-state index in [2.05, 4.69) is 10.6 Å². The lowest BCUT2D eigenvalue weighted by molar-refractivity contribution is -0.142. The van der Waals surface area contributed by atoms with E-state index in [4.69, 9.17) is 5.11 Å². The predicted octanol–water partition coefficient (Wildman–Crippen LogP) is 0.409. The van der Waals surface area contributed by atoms with Gasteiger partial charge in [-0.15, -0.1) is 0 Å². The Morgan fingerprint density at radius 1 is 1.28 bits per heavy atom. The maximum absolute atomic E-state index is 11.5. The molecule has 0 rings (SSSR count). The van der Waals surface area contributed by atoms with E-state index in [-0.39, 0.29) is 18.5 Å². The number of nitrogens with one attached hydrogen (secondary N) is 2. The number of urea groups is 1. The van der Waals surface area contributed by atoms with E-state index in [9.17, 15) is 13.8 Å². The van der Waals surface area contributed by atoms with Crippen molar-refractivity contribution in [3.63, 3.8) is 0 Å². The zero-order chi connectivity index (χ0) is 14.3. The number of aliphatic carboxylic acids is 1. The zero-order valence-electron chi connectivity index (χ0n) is 11.2. The van der Waals surface area contributed by atoms with Gasteiger partial charge in [0.05, 0.1) is 5.92 Å². The molecule has 0 bridgehead atoms. The van der Waals surface area contributed by atoms with Gasteiger partial charge < -0.3 is 15.7 Å². The van der Waals surface area contributed by atoms with Crippen molar-refractivity contribution in [1.82, 2.24) is 10.6 Å². The summed E-state index contributed by atoms with van der Waals surface area (Å²) in [5.74, 6) is -1.21. The second kappa shape index (κ2) is 8.07. The van der Waals surface area contributed by atoms with Crippen LogP contribution in [0.1, 0.15) is 20.8 Å². The van der Waals surface area contributed by atoms with Gasteiger partial charge in [-0.25, -0.2) is 4.79 Å². The van der Waals surface area contributed by atoms with Gasteiger partial charge in [0, 0.05) is 35.4 Å². The quantitative estimate of drug-likeness (QED) is 0.628. The molecule has 0 saturated heterocycles. The Morgan fingerprint density at radius 3 is 2.22 bits per heavy atom. The molecule has 0 aromatic rings. The zero-order valence-corrected chi connectivity index (χ0v) is 12.0. The Balaban J connectivity index is 4.09. The van der Waals surface area contributed by atoms with E-state index in [1.54, 1.807) is 27.0 Å². The van der Waals surface area contributed by atoms with Gasteiger partial charge in [-0.05, 0) is 12.8 Å². The molecular weight excluding hydrogens is 256 g/mol. The Bertz CT molecular complexity index is 320. The summed E-state index contributed by atoms with van der Waals surface area (Å²) in [5.41, 5.74) is 0. The van der Waals surface area contributed by atoms with Crippen molar-refractivity contribution < 1.29 is 18.9 Å². The van der Waals surface area contributed by atoms with Crippen LogP contribution in [0.4, 0.5) is 4.79 Å². The molecule has 0 spiro atoms. The van der Waals surface area contributed by atoms with Crippen molar-refractivity contribution in [2.24, 2.45) is 11.8 Å². The van der Waals surface area contributed by atoms with E-state index in [0.717, 1.165) is 0 Å². The summed E-state index contributed by atoms with van der Waals surface area (Å²) in [6, 6.07) is -0.641. The normalized spacial score (nSPS) is 15.8. The molecule has 3 unspecified atom stereocenters. The van der Waals surface area contributed by atoms with Gasteiger partial charge in [0.1, 0.15) is 0 Å². The largest absolute Gasteiger partial charge is 0.481 e. The van der Waals surface area contributed by atoms with Gasteiger partial charge in [0.15, 0.2) is 0 Å². The Hall–Kier alpha value is -1.11. The minimum absolute atomic E-state index is 0.0524. The third kappa shape index (κ3) is 7.26. The lowest BCUT2D eigenvalue weighted by Crippen LogP contribution is -2.45. The van der Waals surface area contributed by atoms with Crippen molar-refractivity contribution in [1.29, 1.82) is 0 Å². The minimum atomic E-state index is -0.976. The van der Waals surface area contributed by atoms with Gasteiger partial charge in [-0.1, -0.05) is 13.8 Å². The molecule has 0 aliphatic carbocycles. The first-order chi connectivity index (χ1) is 8.23. The molecule has 3 atom stereocenters. The smallest absolute Gasteiger partial charge is 0.315 e. The maximum Gasteiger partial charge on any atom is 0.315 e. The first kappa shape index (κ1) is 16.9. The highest BCUT2D eigenvalue weighted by Gasteiger charge is 2.22. The summed E-state index contributed by atoms with van der Waals surface area (Å²) in [6.45, 7) is 5.42. The van der Waals surface area contributed by atoms with Gasteiger partial charge in [-0.3, -0.25) is 9.00 Å². The third-order valence-electron chi connectivity index (χ3n) is 2.47. The fourth-order valence-corrected chi connectivity index (χ4v) is 2.27. The molecule has 0 saturated carbocycles. The second-order valence-corrected chi connectivity index (χ2v) is 6.16. The molecule has 3 N–H and O–H groups in total. The number of carboxylic acid groups (broad SMARTS) is 1. The lowest BCUT2D eigenvalue weighted by atomic mass is 9.96. The lowest BCUT2D eigenvalue weighted by Gasteiger charge is -2.18. The van der Waals surface area contributed by atoms with Crippen LogP contribution in [-0.2, 0) is 15.6 Å². The van der Waals surface area contributed by atoms with Crippen LogP contribution in [0.15, 0.2) is 0 Å². The highest BCUT2D eigenvalue weighted by Crippen LogP contribution is 2.09. The number of carbonyl (C=O) groups excluding carboxylic acids is 1. The number of carbonyl (C=O) groups is 2. The molecule has 2 amide bonds. The fourth-order valence-electron chi connectivity index (χ4n) is 1.48. The van der Waals surface area contributed by atoms with Crippen LogP contribution < -0.4 is 10.6 Å². The van der Waals surface area contributed by atoms with E-state index in [1.165, 1.54) is 0 Å². The van der Waals surface area contributed by atoms with Crippen molar-refractivity contribution in [2.45, 2.75) is 26.8 Å². The van der Waals surface area contributed by atoms with Crippen LogP contribution in [0.5, 0.6) is 0 Å². The molecule has 0 aliphatic heterocycles. The SMILES string of the molecule is CC(CS(C)=O)NC(=O)NCC(C(=O)O)C(C)C. The molecule has 0 aromatic heterocycles. The fraction of sp³-hybridized carbons (Fsp3) is 0.818. The summed E-state index contributed by atoms with van der Waals surface area (Å²) in [6.07, 6.45) is 1.56. The summed E-state index contributed by atoms with van der Waals surface area (Å²) in [4.78, 5) is 22.4. The van der Waals surface area contributed by atoms with E-state index in [1.807, 2.05) is 0 Å². The first-order valence-electron chi connectivity index (χ1n) is 5.81. The van der Waals surface area contributed by atoms with Crippen LogP contribution in [-0.4, -0.2) is 45.9 Å². The summed E-state index contributed by atoms with van der Waals surface area (Å²) < 4.78 is 10.9. The Morgan fingerprint density at radius 2 is 1.83 bits per heavy atom. The average Bonchev–Trinajstić information content (AvgIpc) is 2.14. The van der Waals surface area contributed by atoms with E-state index >= 15 is 0 Å². The number of carboxylic acids is 1. The Labute approximate surface area is 110 Å². The summed E-state index contributed by atoms with van der Waals surface area (Å²) in [5, 5.41) is 14.1. The number of amides is 2. The van der Waals surface area contributed by atoms with Gasteiger partial charge in [0.25, 0.3) is 0 Å². The Kier molecular flexibility index (Phi) is 7.58. The number of rotatable bonds is 7. The molecule has 18 heavy (non-hydrogen) atoms. The van der Waals surface area contributed by atoms with Crippen LogP contribution in [0, 0.1) is 11.8 Å². The molecule has 0 radical (unpaired) electrons. The summed E-state index contributed by atoms with van der Waals surface area (Å²) in [7, 11) is -0.976. The standard InChI is InChI=1S/C11H22N2O4S/c1-7(2)9(10(14)15)5-12-11(16)13-8(3)6-18(4)17/h7-9H,5-6H2,1-4H3,(H,14,15)(H2,12,13,16). The van der Waals surface area contributed by atoms with E-state index < -0.39 is 28.7 Å². The highest BCUT2D eigenvalue weighted by atomic mass is 32.2. The molecule has 0 aromatic carbocycles. The third-order valence-corrected chi connectivity index (χ3v) is 3.44. The summed E-state index contributed by atoms with van der Waals surface area (Å²) >= 11 is 0. The highest BCUT2D eigenvalue weighted by molar-refractivity contribution is 7.84. The van der Waals surface area contributed by atoms with Crippen LogP contribution in [0.2, 0.25) is 0 Å². The minimum Gasteiger partial charge on any atom is -0.481 e. The molecule has 0 heterocycles. The topological polar surface area (TPSA) is 95.5 Å². The average molecular weight is 278 g/mol. The van der Waals surface area contributed by atoms with Gasteiger partial charge in [0.2, 0.25) is 0 Å². The van der Waals surface area contributed by atoms with Gasteiger partial charge >= 0.3 is 12.0 Å².